The summed E-state index contributed by atoms with van der Waals surface area (Å²) < 4.78 is 0. The van der Waals surface area contributed by atoms with Crippen molar-refractivity contribution >= 4 is 5.91 Å². The molecule has 4 nitrogen and oxygen atoms in total. The highest BCUT2D eigenvalue weighted by molar-refractivity contribution is 5.76. The molecule has 0 fully saturated rings. The highest BCUT2D eigenvalue weighted by Gasteiger charge is 2.13. The minimum Gasteiger partial charge on any atom is -0.394 e. The van der Waals surface area contributed by atoms with Crippen LogP contribution in [-0.2, 0) is 4.79 Å². The summed E-state index contributed by atoms with van der Waals surface area (Å²) in [6.07, 6.45) is 1.04. The first-order chi connectivity index (χ1) is 8.13. The van der Waals surface area contributed by atoms with Crippen LogP contribution in [0.15, 0.2) is 30.3 Å². The Labute approximate surface area is 102 Å². The molecule has 0 heterocycles. The Hall–Kier alpha value is -1.39. The summed E-state index contributed by atoms with van der Waals surface area (Å²) in [4.78, 5) is 11.6. The molecule has 4 N–H and O–H groups in total. The lowest BCUT2D eigenvalue weighted by Crippen LogP contribution is -2.31. The van der Waals surface area contributed by atoms with Gasteiger partial charge in [0.1, 0.15) is 0 Å². The molecule has 0 saturated heterocycles. The molecule has 17 heavy (non-hydrogen) atoms. The van der Waals surface area contributed by atoms with Crippen molar-refractivity contribution in [2.45, 2.75) is 31.8 Å². The van der Waals surface area contributed by atoms with E-state index in [1.807, 2.05) is 37.3 Å². The number of amides is 1. The third kappa shape index (κ3) is 4.97. The number of aliphatic hydroxyl groups excluding tert-OH is 1. The van der Waals surface area contributed by atoms with Gasteiger partial charge >= 0.3 is 0 Å². The Bertz CT molecular complexity index is 339. The summed E-state index contributed by atoms with van der Waals surface area (Å²) in [5.74, 6) is -0.0785. The molecule has 0 spiro atoms. The molecular weight excluding hydrogens is 216 g/mol. The highest BCUT2D eigenvalue weighted by Crippen LogP contribution is 2.11. The van der Waals surface area contributed by atoms with E-state index in [-0.39, 0.29) is 24.6 Å². The van der Waals surface area contributed by atoms with Crippen LogP contribution in [0.3, 0.4) is 0 Å². The van der Waals surface area contributed by atoms with Crippen LogP contribution in [0.4, 0.5) is 0 Å². The second-order valence-corrected chi connectivity index (χ2v) is 4.23. The largest absolute Gasteiger partial charge is 0.394 e. The van der Waals surface area contributed by atoms with E-state index in [4.69, 9.17) is 5.73 Å². The smallest absolute Gasteiger partial charge is 0.220 e. The van der Waals surface area contributed by atoms with Gasteiger partial charge in [-0.3, -0.25) is 4.79 Å². The molecule has 1 aromatic carbocycles. The molecule has 1 aromatic rings. The second kappa shape index (κ2) is 7.04. The lowest BCUT2D eigenvalue weighted by atomic mass is 10.1. The van der Waals surface area contributed by atoms with Crippen molar-refractivity contribution in [2.75, 3.05) is 6.61 Å². The van der Waals surface area contributed by atoms with E-state index in [0.29, 0.717) is 12.8 Å². The summed E-state index contributed by atoms with van der Waals surface area (Å²) in [6, 6.07) is 9.11. The molecule has 1 rings (SSSR count). The highest BCUT2D eigenvalue weighted by atomic mass is 16.3. The lowest BCUT2D eigenvalue weighted by molar-refractivity contribution is -0.122. The van der Waals surface area contributed by atoms with Gasteiger partial charge in [0.2, 0.25) is 5.91 Å². The first kappa shape index (κ1) is 13.7. The van der Waals surface area contributed by atoms with Gasteiger partial charge in [-0.25, -0.2) is 0 Å². The van der Waals surface area contributed by atoms with Gasteiger partial charge in [-0.1, -0.05) is 30.3 Å². The topological polar surface area (TPSA) is 75.4 Å². The lowest BCUT2D eigenvalue weighted by Gasteiger charge is -2.17. The Kier molecular flexibility index (Phi) is 5.66. The van der Waals surface area contributed by atoms with Crippen LogP contribution < -0.4 is 11.1 Å². The Morgan fingerprint density at radius 1 is 1.41 bits per heavy atom. The van der Waals surface area contributed by atoms with Crippen molar-refractivity contribution in [3.05, 3.63) is 35.9 Å². The van der Waals surface area contributed by atoms with Crippen molar-refractivity contribution in [1.82, 2.24) is 5.32 Å². The summed E-state index contributed by atoms with van der Waals surface area (Å²) in [6.45, 7) is 1.77. The van der Waals surface area contributed by atoms with Gasteiger partial charge in [0, 0.05) is 12.5 Å². The predicted octanol–water partition coefficient (Wildman–Crippen LogP) is 0.964. The summed E-state index contributed by atoms with van der Waals surface area (Å²) in [7, 11) is 0. The zero-order valence-corrected chi connectivity index (χ0v) is 10.1. The van der Waals surface area contributed by atoms with Crippen LogP contribution in [0, 0.1) is 0 Å². The maximum absolute atomic E-state index is 11.6. The molecule has 1 amide bonds. The van der Waals surface area contributed by atoms with Gasteiger partial charge in [0.15, 0.2) is 0 Å². The van der Waals surface area contributed by atoms with Crippen LogP contribution in [0.5, 0.6) is 0 Å². The molecule has 0 aliphatic heterocycles. The van der Waals surface area contributed by atoms with Crippen molar-refractivity contribution in [3.63, 3.8) is 0 Å². The molecule has 0 aliphatic carbocycles. The van der Waals surface area contributed by atoms with Gasteiger partial charge in [0.25, 0.3) is 0 Å². The standard InChI is InChI=1S/C13H20N2O2/c1-10(14)7-8-13(17)15-12(9-16)11-5-3-2-4-6-11/h2-6,10,12,16H,7-9,14H2,1H3,(H,15,17)/t10?,12-/m1/s1. The monoisotopic (exact) mass is 236 g/mol. The van der Waals surface area contributed by atoms with Crippen molar-refractivity contribution in [1.29, 1.82) is 0 Å². The quantitative estimate of drug-likeness (QED) is 0.688. The molecule has 4 heteroatoms. The fourth-order valence-corrected chi connectivity index (χ4v) is 1.54. The van der Waals surface area contributed by atoms with E-state index in [1.165, 1.54) is 0 Å². The Balaban J connectivity index is 2.50. The average molecular weight is 236 g/mol. The van der Waals surface area contributed by atoms with Gasteiger partial charge < -0.3 is 16.2 Å². The van der Waals surface area contributed by atoms with Crippen LogP contribution in [0.25, 0.3) is 0 Å². The Morgan fingerprint density at radius 2 is 2.06 bits per heavy atom. The van der Waals surface area contributed by atoms with Gasteiger partial charge in [-0.05, 0) is 18.9 Å². The number of hydrogen-bond acceptors (Lipinski definition) is 3. The van der Waals surface area contributed by atoms with E-state index in [0.717, 1.165) is 5.56 Å². The van der Waals surface area contributed by atoms with E-state index < -0.39 is 0 Å². The molecule has 0 aliphatic rings. The average Bonchev–Trinajstić information content (AvgIpc) is 2.34. The SMILES string of the molecule is CC(N)CCC(=O)N[C@H](CO)c1ccccc1. The van der Waals surface area contributed by atoms with Gasteiger partial charge in [0.05, 0.1) is 12.6 Å². The van der Waals surface area contributed by atoms with E-state index in [9.17, 15) is 9.90 Å². The second-order valence-electron chi connectivity index (χ2n) is 4.23. The zero-order chi connectivity index (χ0) is 12.7. The van der Waals surface area contributed by atoms with Crippen LogP contribution in [0.1, 0.15) is 31.4 Å². The van der Waals surface area contributed by atoms with E-state index in [2.05, 4.69) is 5.32 Å². The molecule has 0 saturated carbocycles. The first-order valence-corrected chi connectivity index (χ1v) is 5.84. The summed E-state index contributed by atoms with van der Waals surface area (Å²) in [5, 5.41) is 12.1. The minimum atomic E-state index is -0.336. The number of hydrogen-bond donors (Lipinski definition) is 3. The number of carbonyl (C=O) groups excluding carboxylic acids is 1. The third-order valence-corrected chi connectivity index (χ3v) is 2.55. The van der Waals surface area contributed by atoms with Crippen LogP contribution in [-0.4, -0.2) is 23.7 Å². The van der Waals surface area contributed by atoms with Crippen molar-refractivity contribution < 1.29 is 9.90 Å². The first-order valence-electron chi connectivity index (χ1n) is 5.84. The fraction of sp³-hybridized carbons (Fsp3) is 0.462. The molecule has 0 aromatic heterocycles. The maximum atomic E-state index is 11.6. The molecule has 0 radical (unpaired) electrons. The number of aliphatic hydroxyl groups is 1. The van der Waals surface area contributed by atoms with E-state index >= 15 is 0 Å². The maximum Gasteiger partial charge on any atom is 0.220 e. The summed E-state index contributed by atoms with van der Waals surface area (Å²) in [5.41, 5.74) is 6.49. The van der Waals surface area contributed by atoms with Gasteiger partial charge in [-0.15, -0.1) is 0 Å². The van der Waals surface area contributed by atoms with Crippen molar-refractivity contribution in [2.24, 2.45) is 5.73 Å². The fourth-order valence-electron chi connectivity index (χ4n) is 1.54. The van der Waals surface area contributed by atoms with Crippen molar-refractivity contribution in [3.8, 4) is 0 Å². The van der Waals surface area contributed by atoms with Crippen LogP contribution >= 0.6 is 0 Å². The number of nitrogens with two attached hydrogens (primary N) is 1. The molecule has 2 atom stereocenters. The predicted molar refractivity (Wildman–Crippen MR) is 67.3 cm³/mol. The Morgan fingerprint density at radius 3 is 2.59 bits per heavy atom. The number of rotatable bonds is 6. The number of carbonyl (C=O) groups is 1. The molecule has 1 unspecified atom stereocenters. The zero-order valence-electron chi connectivity index (χ0n) is 10.1. The molecule has 94 valence electrons. The minimum absolute atomic E-state index is 0.0186. The van der Waals surface area contributed by atoms with Crippen LogP contribution in [0.2, 0.25) is 0 Å². The normalized spacial score (nSPS) is 14.1. The number of benzene rings is 1. The number of nitrogens with one attached hydrogen (secondary N) is 1. The van der Waals surface area contributed by atoms with Gasteiger partial charge in [-0.2, -0.15) is 0 Å². The summed E-state index contributed by atoms with van der Waals surface area (Å²) >= 11 is 0. The molecule has 0 bridgehead atoms. The van der Waals surface area contributed by atoms with E-state index in [1.54, 1.807) is 0 Å². The third-order valence-electron chi connectivity index (χ3n) is 2.55. The molecular formula is C13H20N2O2.